The van der Waals surface area contributed by atoms with Crippen LogP contribution in [0.2, 0.25) is 0 Å². The van der Waals surface area contributed by atoms with Crippen LogP contribution < -0.4 is 10.1 Å². The minimum Gasteiger partial charge on any atom is -0.478 e. The lowest BCUT2D eigenvalue weighted by Gasteiger charge is -2.10. The van der Waals surface area contributed by atoms with Gasteiger partial charge < -0.3 is 10.1 Å². The molecule has 0 radical (unpaired) electrons. The van der Waals surface area contributed by atoms with Crippen LogP contribution in [0, 0.1) is 0 Å². The van der Waals surface area contributed by atoms with Gasteiger partial charge in [-0.1, -0.05) is 44.2 Å². The maximum Gasteiger partial charge on any atom is 0.198 e. The maximum absolute atomic E-state index is 5.90. The SMILES string of the molecule is CNc1c(C(C)C)csc1OCc1ccccc1. The third-order valence-electron chi connectivity index (χ3n) is 2.87. The van der Waals surface area contributed by atoms with Crippen LogP contribution in [-0.4, -0.2) is 7.05 Å². The molecule has 3 heteroatoms. The highest BCUT2D eigenvalue weighted by Gasteiger charge is 2.14. The van der Waals surface area contributed by atoms with Crippen molar-refractivity contribution >= 4 is 17.0 Å². The number of benzene rings is 1. The predicted octanol–water partition coefficient (Wildman–Crippen LogP) is 4.49. The smallest absolute Gasteiger partial charge is 0.198 e. The minimum absolute atomic E-state index is 0.512. The summed E-state index contributed by atoms with van der Waals surface area (Å²) in [6, 6.07) is 10.2. The Hall–Kier alpha value is -1.48. The van der Waals surface area contributed by atoms with Gasteiger partial charge in [0.05, 0.1) is 5.69 Å². The lowest BCUT2D eigenvalue weighted by Crippen LogP contribution is -1.98. The maximum atomic E-state index is 5.90. The molecule has 2 rings (SSSR count). The molecule has 0 aliphatic carbocycles. The summed E-state index contributed by atoms with van der Waals surface area (Å²) in [6.45, 7) is 5.02. The quantitative estimate of drug-likeness (QED) is 0.856. The fourth-order valence-electron chi connectivity index (χ4n) is 1.85. The molecule has 0 atom stereocenters. The molecule has 0 spiro atoms. The van der Waals surface area contributed by atoms with Crippen molar-refractivity contribution in [3.05, 3.63) is 46.8 Å². The van der Waals surface area contributed by atoms with Crippen molar-refractivity contribution < 1.29 is 4.74 Å². The second-order valence-electron chi connectivity index (χ2n) is 4.53. The Balaban J connectivity index is 2.10. The standard InChI is InChI=1S/C15H19NOS/c1-11(2)13-10-18-15(14(13)16-3)17-9-12-7-5-4-6-8-12/h4-8,10-11,16H,9H2,1-3H3. The molecule has 18 heavy (non-hydrogen) atoms. The van der Waals surface area contributed by atoms with Gasteiger partial charge in [0.1, 0.15) is 6.61 Å². The van der Waals surface area contributed by atoms with E-state index < -0.39 is 0 Å². The Morgan fingerprint density at radius 3 is 2.56 bits per heavy atom. The summed E-state index contributed by atoms with van der Waals surface area (Å²) in [4.78, 5) is 0. The van der Waals surface area contributed by atoms with E-state index in [9.17, 15) is 0 Å². The largest absolute Gasteiger partial charge is 0.478 e. The second kappa shape index (κ2) is 5.91. The first-order valence-electron chi connectivity index (χ1n) is 6.18. The number of hydrogen-bond donors (Lipinski definition) is 1. The van der Waals surface area contributed by atoms with Crippen molar-refractivity contribution in [1.82, 2.24) is 0 Å². The summed E-state index contributed by atoms with van der Waals surface area (Å²) in [7, 11) is 1.95. The Morgan fingerprint density at radius 1 is 1.22 bits per heavy atom. The first-order valence-corrected chi connectivity index (χ1v) is 7.06. The van der Waals surface area contributed by atoms with Crippen LogP contribution in [0.5, 0.6) is 5.06 Å². The van der Waals surface area contributed by atoms with Crippen LogP contribution in [0.4, 0.5) is 5.69 Å². The molecule has 0 saturated carbocycles. The molecule has 0 aliphatic rings. The van der Waals surface area contributed by atoms with Crippen LogP contribution in [0.3, 0.4) is 0 Å². The van der Waals surface area contributed by atoms with Gasteiger partial charge in [-0.3, -0.25) is 0 Å². The third kappa shape index (κ3) is 2.85. The van der Waals surface area contributed by atoms with E-state index >= 15 is 0 Å². The molecule has 0 unspecified atom stereocenters. The normalized spacial score (nSPS) is 10.7. The molecule has 1 aromatic heterocycles. The Kier molecular flexibility index (Phi) is 4.26. The molecule has 0 fully saturated rings. The van der Waals surface area contributed by atoms with Gasteiger partial charge in [-0.05, 0) is 17.0 Å². The zero-order valence-corrected chi connectivity index (χ0v) is 11.9. The molecule has 0 aliphatic heterocycles. The zero-order valence-electron chi connectivity index (χ0n) is 11.1. The van der Waals surface area contributed by atoms with Crippen molar-refractivity contribution in [3.8, 4) is 5.06 Å². The molecule has 1 N–H and O–H groups in total. The van der Waals surface area contributed by atoms with Crippen molar-refractivity contribution in [2.75, 3.05) is 12.4 Å². The Morgan fingerprint density at radius 2 is 1.94 bits per heavy atom. The first kappa shape index (κ1) is 13.0. The highest BCUT2D eigenvalue weighted by Crippen LogP contribution is 2.39. The monoisotopic (exact) mass is 261 g/mol. The summed E-state index contributed by atoms with van der Waals surface area (Å²) >= 11 is 1.66. The molecule has 0 amide bonds. The van der Waals surface area contributed by atoms with Gasteiger partial charge >= 0.3 is 0 Å². The van der Waals surface area contributed by atoms with E-state index in [-0.39, 0.29) is 0 Å². The van der Waals surface area contributed by atoms with Crippen LogP contribution in [0.25, 0.3) is 0 Å². The van der Waals surface area contributed by atoms with Gasteiger partial charge in [-0.2, -0.15) is 0 Å². The van der Waals surface area contributed by atoms with Gasteiger partial charge in [0.15, 0.2) is 5.06 Å². The minimum atomic E-state index is 0.512. The fraction of sp³-hybridized carbons (Fsp3) is 0.333. The third-order valence-corrected chi connectivity index (χ3v) is 3.78. The summed E-state index contributed by atoms with van der Waals surface area (Å²) in [5.41, 5.74) is 3.65. The number of ether oxygens (including phenoxy) is 1. The molecular formula is C15H19NOS. The average molecular weight is 261 g/mol. The van der Waals surface area contributed by atoms with E-state index in [1.54, 1.807) is 11.3 Å². The summed E-state index contributed by atoms with van der Waals surface area (Å²) < 4.78 is 5.90. The molecular weight excluding hydrogens is 242 g/mol. The van der Waals surface area contributed by atoms with E-state index in [2.05, 4.69) is 36.7 Å². The highest BCUT2D eigenvalue weighted by molar-refractivity contribution is 7.12. The molecule has 0 saturated heterocycles. The Labute approximate surface area is 113 Å². The number of rotatable bonds is 5. The van der Waals surface area contributed by atoms with Gasteiger partial charge in [0.2, 0.25) is 0 Å². The van der Waals surface area contributed by atoms with E-state index in [4.69, 9.17) is 4.74 Å². The predicted molar refractivity (Wildman–Crippen MR) is 78.7 cm³/mol. The number of anilines is 1. The van der Waals surface area contributed by atoms with Gasteiger partial charge in [-0.15, -0.1) is 11.3 Å². The number of nitrogens with one attached hydrogen (secondary N) is 1. The van der Waals surface area contributed by atoms with E-state index in [1.807, 2.05) is 25.2 Å². The molecule has 2 nitrogen and oxygen atoms in total. The van der Waals surface area contributed by atoms with Crippen LogP contribution >= 0.6 is 11.3 Å². The van der Waals surface area contributed by atoms with Gasteiger partial charge in [-0.25, -0.2) is 0 Å². The molecule has 96 valence electrons. The van der Waals surface area contributed by atoms with Crippen LogP contribution in [0.15, 0.2) is 35.7 Å². The topological polar surface area (TPSA) is 21.3 Å². The van der Waals surface area contributed by atoms with Crippen molar-refractivity contribution in [1.29, 1.82) is 0 Å². The molecule has 1 heterocycles. The molecule has 2 aromatic rings. The summed E-state index contributed by atoms with van der Waals surface area (Å²) in [6.07, 6.45) is 0. The average Bonchev–Trinajstić information content (AvgIpc) is 2.80. The van der Waals surface area contributed by atoms with Crippen molar-refractivity contribution in [2.24, 2.45) is 0 Å². The van der Waals surface area contributed by atoms with Crippen LogP contribution in [-0.2, 0) is 6.61 Å². The second-order valence-corrected chi connectivity index (χ2v) is 5.37. The van der Waals surface area contributed by atoms with Gasteiger partial charge in [0, 0.05) is 12.4 Å². The first-order chi connectivity index (χ1) is 8.72. The lowest BCUT2D eigenvalue weighted by atomic mass is 10.1. The summed E-state index contributed by atoms with van der Waals surface area (Å²) in [5.74, 6) is 0.512. The Bertz CT molecular complexity index is 490. The zero-order chi connectivity index (χ0) is 13.0. The fourth-order valence-corrected chi connectivity index (χ4v) is 2.94. The van der Waals surface area contributed by atoms with E-state index in [1.165, 1.54) is 11.1 Å². The van der Waals surface area contributed by atoms with Gasteiger partial charge in [0.25, 0.3) is 0 Å². The number of hydrogen-bond acceptors (Lipinski definition) is 3. The van der Waals surface area contributed by atoms with Crippen molar-refractivity contribution in [3.63, 3.8) is 0 Å². The van der Waals surface area contributed by atoms with Crippen LogP contribution in [0.1, 0.15) is 30.9 Å². The van der Waals surface area contributed by atoms with E-state index in [0.29, 0.717) is 12.5 Å². The summed E-state index contributed by atoms with van der Waals surface area (Å²) in [5, 5.41) is 6.40. The van der Waals surface area contributed by atoms with Crippen molar-refractivity contribution in [2.45, 2.75) is 26.4 Å². The molecule has 0 bridgehead atoms. The molecule has 1 aromatic carbocycles. The van der Waals surface area contributed by atoms with E-state index in [0.717, 1.165) is 10.8 Å². The highest BCUT2D eigenvalue weighted by atomic mass is 32.1. The number of thiophene rings is 1. The lowest BCUT2D eigenvalue weighted by molar-refractivity contribution is 0.317.